The Labute approximate surface area is 122 Å². The molecule has 4 N–H and O–H groups in total. The summed E-state index contributed by atoms with van der Waals surface area (Å²) in [6.07, 6.45) is 3.01. The van der Waals surface area contributed by atoms with E-state index < -0.39 is 16.4 Å². The molecule has 0 spiro atoms. The minimum atomic E-state index is -0.932. The van der Waals surface area contributed by atoms with Gasteiger partial charge in [0.05, 0.1) is 17.1 Å². The number of non-ortho nitro benzene ring substituents is 1. The van der Waals surface area contributed by atoms with E-state index in [0.717, 1.165) is 12.8 Å². The molecule has 1 aromatic carbocycles. The Balaban J connectivity index is 1.87. The van der Waals surface area contributed by atoms with Crippen molar-refractivity contribution in [1.82, 2.24) is 0 Å². The van der Waals surface area contributed by atoms with Gasteiger partial charge in [-0.3, -0.25) is 14.9 Å². The fourth-order valence-corrected chi connectivity index (χ4v) is 2.81. The van der Waals surface area contributed by atoms with Crippen molar-refractivity contribution in [2.24, 2.45) is 17.4 Å². The fraction of sp³-hybridized carbons (Fsp3) is 0.500. The van der Waals surface area contributed by atoms with Crippen LogP contribution in [0.5, 0.6) is 5.75 Å². The topological polar surface area (TPSA) is 121 Å². The maximum atomic E-state index is 11.5. The van der Waals surface area contributed by atoms with Gasteiger partial charge in [0.1, 0.15) is 5.75 Å². The molecule has 114 valence electrons. The molecular weight excluding hydrogens is 274 g/mol. The molecule has 1 saturated carbocycles. The number of hydrogen-bond acceptors (Lipinski definition) is 5. The Morgan fingerprint density at radius 3 is 2.67 bits per heavy atom. The lowest BCUT2D eigenvalue weighted by molar-refractivity contribution is -0.384. The molecule has 21 heavy (non-hydrogen) atoms. The summed E-state index contributed by atoms with van der Waals surface area (Å²) in [4.78, 5) is 21.5. The Bertz CT molecular complexity index is 532. The quantitative estimate of drug-likeness (QED) is 0.605. The summed E-state index contributed by atoms with van der Waals surface area (Å²) in [5.74, 6) is 0.119. The molecule has 2 rings (SSSR count). The van der Waals surface area contributed by atoms with Gasteiger partial charge in [-0.05, 0) is 37.3 Å². The molecule has 1 aliphatic rings. The number of benzene rings is 1. The third-order valence-corrected chi connectivity index (χ3v) is 4.11. The highest BCUT2D eigenvalue weighted by atomic mass is 16.6. The van der Waals surface area contributed by atoms with Crippen molar-refractivity contribution in [1.29, 1.82) is 0 Å². The summed E-state index contributed by atoms with van der Waals surface area (Å²) < 4.78 is 5.55. The second-order valence-corrected chi connectivity index (χ2v) is 5.38. The van der Waals surface area contributed by atoms with Crippen LogP contribution < -0.4 is 16.2 Å². The first-order valence-electron chi connectivity index (χ1n) is 6.89. The van der Waals surface area contributed by atoms with Crippen LogP contribution in [-0.2, 0) is 4.79 Å². The van der Waals surface area contributed by atoms with Gasteiger partial charge in [-0.2, -0.15) is 0 Å². The number of amides is 1. The normalized spacial score (nSPS) is 24.7. The second kappa shape index (κ2) is 6.09. The van der Waals surface area contributed by atoms with Gasteiger partial charge in [0, 0.05) is 12.1 Å². The first kappa shape index (κ1) is 15.2. The Hall–Kier alpha value is -2.15. The largest absolute Gasteiger partial charge is 0.494 e. The van der Waals surface area contributed by atoms with E-state index in [4.69, 9.17) is 16.2 Å². The first-order valence-corrected chi connectivity index (χ1v) is 6.89. The lowest BCUT2D eigenvalue weighted by Gasteiger charge is -2.27. The molecule has 0 saturated heterocycles. The molecule has 0 aliphatic heterocycles. The van der Waals surface area contributed by atoms with Crippen molar-refractivity contribution in [2.45, 2.75) is 31.2 Å². The molecule has 1 aromatic rings. The van der Waals surface area contributed by atoms with Crippen LogP contribution in [0, 0.1) is 16.0 Å². The van der Waals surface area contributed by atoms with Gasteiger partial charge < -0.3 is 16.2 Å². The molecule has 0 bridgehead atoms. The number of rotatable bonds is 6. The molecule has 1 fully saturated rings. The molecule has 7 heteroatoms. The number of nitrogens with two attached hydrogens (primary N) is 2. The van der Waals surface area contributed by atoms with Crippen molar-refractivity contribution < 1.29 is 14.5 Å². The molecule has 0 heterocycles. The van der Waals surface area contributed by atoms with Crippen LogP contribution in [0.2, 0.25) is 0 Å². The Morgan fingerprint density at radius 2 is 2.10 bits per heavy atom. The highest BCUT2D eigenvalue weighted by Gasteiger charge is 2.43. The molecule has 1 aliphatic carbocycles. The van der Waals surface area contributed by atoms with Crippen LogP contribution in [0.15, 0.2) is 24.3 Å². The molecule has 1 amide bonds. The lowest BCUT2D eigenvalue weighted by atomic mass is 9.85. The number of nitro benzene ring substituents is 1. The molecule has 0 aromatic heterocycles. The summed E-state index contributed by atoms with van der Waals surface area (Å²) >= 11 is 0. The second-order valence-electron chi connectivity index (χ2n) is 5.38. The molecular formula is C14H19N3O4. The van der Waals surface area contributed by atoms with Gasteiger partial charge in [-0.1, -0.05) is 6.42 Å². The number of hydrogen-bond donors (Lipinski definition) is 2. The third-order valence-electron chi connectivity index (χ3n) is 4.11. The molecule has 2 unspecified atom stereocenters. The van der Waals surface area contributed by atoms with E-state index in [0.29, 0.717) is 25.2 Å². The van der Waals surface area contributed by atoms with E-state index >= 15 is 0 Å². The smallest absolute Gasteiger partial charge is 0.269 e. The number of primary amides is 1. The SMILES string of the molecule is NC(=O)C1(N)CCCC1CCOc1ccc([N+](=O)[O-])cc1. The molecule has 2 atom stereocenters. The minimum Gasteiger partial charge on any atom is -0.494 e. The van der Waals surface area contributed by atoms with Crippen LogP contribution in [0.25, 0.3) is 0 Å². The zero-order valence-electron chi connectivity index (χ0n) is 11.7. The van der Waals surface area contributed by atoms with Crippen LogP contribution in [-0.4, -0.2) is 23.0 Å². The maximum absolute atomic E-state index is 11.5. The van der Waals surface area contributed by atoms with Gasteiger partial charge in [-0.25, -0.2) is 0 Å². The summed E-state index contributed by atoms with van der Waals surface area (Å²) in [6.45, 7) is 0.398. The van der Waals surface area contributed by atoms with Gasteiger partial charge in [0.2, 0.25) is 5.91 Å². The number of carbonyl (C=O) groups excluding carboxylic acids is 1. The van der Waals surface area contributed by atoms with Gasteiger partial charge >= 0.3 is 0 Å². The van der Waals surface area contributed by atoms with Gasteiger partial charge in [-0.15, -0.1) is 0 Å². The Kier molecular flexibility index (Phi) is 4.42. The monoisotopic (exact) mass is 293 g/mol. The van der Waals surface area contributed by atoms with E-state index in [1.165, 1.54) is 12.1 Å². The highest BCUT2D eigenvalue weighted by Crippen LogP contribution is 2.35. The van der Waals surface area contributed by atoms with Crippen molar-refractivity contribution in [3.05, 3.63) is 34.4 Å². The van der Waals surface area contributed by atoms with Crippen molar-refractivity contribution in [2.75, 3.05) is 6.61 Å². The van der Waals surface area contributed by atoms with Crippen LogP contribution in [0.4, 0.5) is 5.69 Å². The predicted molar refractivity (Wildman–Crippen MR) is 76.7 cm³/mol. The van der Waals surface area contributed by atoms with Crippen molar-refractivity contribution >= 4 is 11.6 Å². The number of ether oxygens (including phenoxy) is 1. The maximum Gasteiger partial charge on any atom is 0.269 e. The van der Waals surface area contributed by atoms with Gasteiger partial charge in [0.25, 0.3) is 5.69 Å². The van der Waals surface area contributed by atoms with E-state index in [1.54, 1.807) is 12.1 Å². The fourth-order valence-electron chi connectivity index (χ4n) is 2.81. The zero-order valence-corrected chi connectivity index (χ0v) is 11.7. The van der Waals surface area contributed by atoms with Crippen molar-refractivity contribution in [3.8, 4) is 5.75 Å². The van der Waals surface area contributed by atoms with Crippen LogP contribution in [0.1, 0.15) is 25.7 Å². The van der Waals surface area contributed by atoms with E-state index in [-0.39, 0.29) is 11.6 Å². The van der Waals surface area contributed by atoms with Gasteiger partial charge in [0.15, 0.2) is 0 Å². The summed E-state index contributed by atoms with van der Waals surface area (Å²) in [5.41, 5.74) is 10.5. The number of nitrogens with zero attached hydrogens (tertiary/aromatic N) is 1. The van der Waals surface area contributed by atoms with E-state index in [1.807, 2.05) is 0 Å². The van der Waals surface area contributed by atoms with Crippen molar-refractivity contribution in [3.63, 3.8) is 0 Å². The average molecular weight is 293 g/mol. The number of carbonyl (C=O) groups is 1. The van der Waals surface area contributed by atoms with Crippen LogP contribution >= 0.6 is 0 Å². The summed E-state index contributed by atoms with van der Waals surface area (Å²) in [7, 11) is 0. The lowest BCUT2D eigenvalue weighted by Crippen LogP contribution is -2.54. The van der Waals surface area contributed by atoms with Crippen LogP contribution in [0.3, 0.4) is 0 Å². The van der Waals surface area contributed by atoms with E-state index in [9.17, 15) is 14.9 Å². The minimum absolute atomic E-state index is 0.0212. The molecule has 0 radical (unpaired) electrons. The molecule has 7 nitrogen and oxygen atoms in total. The predicted octanol–water partition coefficient (Wildman–Crippen LogP) is 1.35. The zero-order chi connectivity index (χ0) is 15.5. The summed E-state index contributed by atoms with van der Waals surface area (Å²) in [5, 5.41) is 10.5. The highest BCUT2D eigenvalue weighted by molar-refractivity contribution is 5.85. The third kappa shape index (κ3) is 3.30. The number of nitro groups is 1. The standard InChI is InChI=1S/C14H19N3O4/c15-13(18)14(16)8-1-2-10(14)7-9-21-12-5-3-11(4-6-12)17(19)20/h3-6,10H,1-2,7-9,16H2,(H2,15,18). The Morgan fingerprint density at radius 1 is 1.43 bits per heavy atom. The van der Waals surface area contributed by atoms with E-state index in [2.05, 4.69) is 0 Å². The summed E-state index contributed by atoms with van der Waals surface area (Å²) in [6, 6.07) is 5.89. The average Bonchev–Trinajstić information content (AvgIpc) is 2.82. The first-order chi connectivity index (χ1) is 9.93.